The zero-order chi connectivity index (χ0) is 13.8. The number of aromatic nitrogens is 1. The molecule has 1 aromatic heterocycles. The van der Waals surface area contributed by atoms with Crippen molar-refractivity contribution >= 4 is 17.3 Å². The summed E-state index contributed by atoms with van der Waals surface area (Å²) < 4.78 is 0. The predicted molar refractivity (Wildman–Crippen MR) is 65.5 cm³/mol. The summed E-state index contributed by atoms with van der Waals surface area (Å²) in [5.74, 6) is -0.894. The van der Waals surface area contributed by atoms with E-state index in [-0.39, 0.29) is 12.1 Å². The predicted octanol–water partition coefficient (Wildman–Crippen LogP) is 2.05. The van der Waals surface area contributed by atoms with Crippen LogP contribution in [0.5, 0.6) is 0 Å². The summed E-state index contributed by atoms with van der Waals surface area (Å²) in [7, 11) is 0. The molecule has 0 atom stereocenters. The molecule has 0 aliphatic heterocycles. The van der Waals surface area contributed by atoms with Crippen LogP contribution < -0.4 is 5.32 Å². The van der Waals surface area contributed by atoms with Crippen LogP contribution in [0.4, 0.5) is 11.4 Å². The largest absolute Gasteiger partial charge is 0.481 e. The molecule has 0 spiro atoms. The molecule has 0 radical (unpaired) electrons. The van der Waals surface area contributed by atoms with Gasteiger partial charge in [0.1, 0.15) is 11.9 Å². The smallest absolute Gasteiger partial charge is 0.310 e. The molecule has 0 amide bonds. The lowest BCUT2D eigenvalue weighted by Crippen LogP contribution is -2.31. The Balaban J connectivity index is 2.83. The van der Waals surface area contributed by atoms with E-state index in [1.807, 2.05) is 0 Å². The number of carboxylic acids is 1. The fraction of sp³-hybridized carbons (Fsp3) is 0.455. The number of pyridine rings is 1. The molecule has 0 saturated heterocycles. The lowest BCUT2D eigenvalue weighted by molar-refractivity contribution is -0.384. The average molecular weight is 253 g/mol. The first kappa shape index (κ1) is 13.9. The number of nitro groups is 1. The summed E-state index contributed by atoms with van der Waals surface area (Å²) in [5.41, 5.74) is -0.337. The fourth-order valence-electron chi connectivity index (χ4n) is 1.48. The van der Waals surface area contributed by atoms with E-state index < -0.39 is 16.4 Å². The maximum Gasteiger partial charge on any atom is 0.310 e. The molecule has 0 aromatic carbocycles. The van der Waals surface area contributed by atoms with Crippen molar-refractivity contribution in [3.63, 3.8) is 0 Å². The summed E-state index contributed by atoms with van der Waals surface area (Å²) in [4.78, 5) is 24.5. The molecule has 0 aliphatic rings. The number of nitrogens with zero attached hydrogens (tertiary/aromatic N) is 2. The van der Waals surface area contributed by atoms with Gasteiger partial charge in [0.25, 0.3) is 0 Å². The van der Waals surface area contributed by atoms with Crippen LogP contribution in [0.3, 0.4) is 0 Å². The molecular formula is C11H15N3O4. The molecule has 7 nitrogen and oxygen atoms in total. The van der Waals surface area contributed by atoms with E-state index >= 15 is 0 Å². The zero-order valence-electron chi connectivity index (χ0n) is 10.2. The van der Waals surface area contributed by atoms with Crippen LogP contribution in [0.15, 0.2) is 18.5 Å². The Kier molecular flexibility index (Phi) is 4.19. The third kappa shape index (κ3) is 4.00. The van der Waals surface area contributed by atoms with E-state index in [2.05, 4.69) is 10.3 Å². The van der Waals surface area contributed by atoms with Crippen LogP contribution in [-0.2, 0) is 4.79 Å². The lowest BCUT2D eigenvalue weighted by atomic mass is 9.98. The van der Waals surface area contributed by atoms with Gasteiger partial charge in [-0.2, -0.15) is 0 Å². The zero-order valence-corrected chi connectivity index (χ0v) is 10.2. The van der Waals surface area contributed by atoms with Crippen molar-refractivity contribution in [2.75, 3.05) is 5.32 Å². The fourth-order valence-corrected chi connectivity index (χ4v) is 1.48. The van der Waals surface area contributed by atoms with Crippen molar-refractivity contribution in [2.24, 2.45) is 0 Å². The number of nitrogens with one attached hydrogen (secondary N) is 1. The van der Waals surface area contributed by atoms with Gasteiger partial charge in [0.15, 0.2) is 0 Å². The van der Waals surface area contributed by atoms with Crippen LogP contribution in [0.1, 0.15) is 26.7 Å². The van der Waals surface area contributed by atoms with Gasteiger partial charge in [-0.05, 0) is 26.3 Å². The number of hydrogen-bond acceptors (Lipinski definition) is 5. The van der Waals surface area contributed by atoms with E-state index in [0.717, 1.165) is 6.20 Å². The van der Waals surface area contributed by atoms with Crippen LogP contribution >= 0.6 is 0 Å². The maximum absolute atomic E-state index is 10.8. The van der Waals surface area contributed by atoms with E-state index in [1.54, 1.807) is 13.8 Å². The van der Waals surface area contributed by atoms with E-state index in [0.29, 0.717) is 12.1 Å². The molecule has 1 aromatic rings. The molecular weight excluding hydrogens is 238 g/mol. The lowest BCUT2D eigenvalue weighted by Gasteiger charge is -2.26. The minimum absolute atomic E-state index is 0.00111. The number of aliphatic carboxylic acids is 1. The topological polar surface area (TPSA) is 105 Å². The van der Waals surface area contributed by atoms with Crippen molar-refractivity contribution in [2.45, 2.75) is 32.2 Å². The minimum Gasteiger partial charge on any atom is -0.481 e. The normalized spacial score (nSPS) is 11.0. The van der Waals surface area contributed by atoms with Gasteiger partial charge < -0.3 is 10.4 Å². The second kappa shape index (κ2) is 5.44. The first-order chi connectivity index (χ1) is 8.32. The highest BCUT2D eigenvalue weighted by Gasteiger charge is 2.23. The molecule has 7 heteroatoms. The average Bonchev–Trinajstić information content (AvgIpc) is 2.26. The van der Waals surface area contributed by atoms with Gasteiger partial charge in [0.05, 0.1) is 4.92 Å². The van der Waals surface area contributed by atoms with Crippen LogP contribution in [-0.4, -0.2) is 26.5 Å². The third-order valence-electron chi connectivity index (χ3n) is 2.43. The highest BCUT2D eigenvalue weighted by molar-refractivity contribution is 5.67. The first-order valence-corrected chi connectivity index (χ1v) is 5.40. The highest BCUT2D eigenvalue weighted by atomic mass is 16.6. The van der Waals surface area contributed by atoms with E-state index in [9.17, 15) is 14.9 Å². The summed E-state index contributed by atoms with van der Waals surface area (Å²) in [6.45, 7) is 3.58. The molecule has 1 heterocycles. The van der Waals surface area contributed by atoms with Crippen LogP contribution in [0.2, 0.25) is 0 Å². The Morgan fingerprint density at radius 2 is 2.28 bits per heavy atom. The second-order valence-electron chi connectivity index (χ2n) is 4.55. The van der Waals surface area contributed by atoms with Crippen molar-refractivity contribution in [1.29, 1.82) is 0 Å². The Morgan fingerprint density at radius 1 is 1.61 bits per heavy atom. The Bertz CT molecular complexity index is 459. The van der Waals surface area contributed by atoms with Gasteiger partial charge >= 0.3 is 11.7 Å². The molecule has 98 valence electrons. The number of rotatable bonds is 6. The highest BCUT2D eigenvalue weighted by Crippen LogP contribution is 2.27. The molecule has 0 bridgehead atoms. The number of carboxylic acid groups (broad SMARTS) is 1. The minimum atomic E-state index is -0.894. The van der Waals surface area contributed by atoms with Gasteiger partial charge in [0, 0.05) is 18.2 Å². The number of anilines is 1. The van der Waals surface area contributed by atoms with Gasteiger partial charge in [0.2, 0.25) is 0 Å². The van der Waals surface area contributed by atoms with Gasteiger partial charge in [-0.25, -0.2) is 0 Å². The Morgan fingerprint density at radius 3 is 2.83 bits per heavy atom. The van der Waals surface area contributed by atoms with Crippen LogP contribution in [0, 0.1) is 10.1 Å². The molecule has 0 aliphatic carbocycles. The Labute approximate surface area is 104 Å². The van der Waals surface area contributed by atoms with Crippen molar-refractivity contribution in [3.8, 4) is 0 Å². The standard InChI is InChI=1S/C11H15N3O4/c1-11(2,5-3-10(15)16)13-8-4-6-12-7-9(8)14(17)18/h4,6-7H,3,5H2,1-2H3,(H,12,13)(H,15,16). The molecule has 18 heavy (non-hydrogen) atoms. The van der Waals surface area contributed by atoms with Crippen molar-refractivity contribution in [1.82, 2.24) is 4.98 Å². The third-order valence-corrected chi connectivity index (χ3v) is 2.43. The van der Waals surface area contributed by atoms with Crippen molar-refractivity contribution in [3.05, 3.63) is 28.6 Å². The van der Waals surface area contributed by atoms with Crippen molar-refractivity contribution < 1.29 is 14.8 Å². The van der Waals surface area contributed by atoms with E-state index in [1.165, 1.54) is 12.3 Å². The molecule has 0 saturated carbocycles. The maximum atomic E-state index is 10.8. The number of carbonyl (C=O) groups is 1. The van der Waals surface area contributed by atoms with Gasteiger partial charge in [-0.1, -0.05) is 0 Å². The number of hydrogen-bond donors (Lipinski definition) is 2. The molecule has 1 rings (SSSR count). The molecule has 2 N–H and O–H groups in total. The van der Waals surface area contributed by atoms with Gasteiger partial charge in [-0.3, -0.25) is 19.9 Å². The summed E-state index contributed by atoms with van der Waals surface area (Å²) in [6.07, 6.45) is 2.97. The summed E-state index contributed by atoms with van der Waals surface area (Å²) in [6, 6.07) is 1.50. The summed E-state index contributed by atoms with van der Waals surface area (Å²) >= 11 is 0. The van der Waals surface area contributed by atoms with E-state index in [4.69, 9.17) is 5.11 Å². The quantitative estimate of drug-likeness (QED) is 0.593. The second-order valence-corrected chi connectivity index (χ2v) is 4.55. The monoisotopic (exact) mass is 253 g/mol. The summed E-state index contributed by atoms with van der Waals surface area (Å²) in [5, 5.41) is 22.4. The van der Waals surface area contributed by atoms with Gasteiger partial charge in [-0.15, -0.1) is 0 Å². The first-order valence-electron chi connectivity index (χ1n) is 5.40. The SMILES string of the molecule is CC(C)(CCC(=O)O)Nc1ccncc1[N+](=O)[O-]. The Hall–Kier alpha value is -2.18. The molecule has 0 fully saturated rings. The molecule has 0 unspecified atom stereocenters. The van der Waals surface area contributed by atoms with Crippen LogP contribution in [0.25, 0.3) is 0 Å².